The molecule has 1 aliphatic heterocycles. The fourth-order valence-corrected chi connectivity index (χ4v) is 3.73. The van der Waals surface area contributed by atoms with Crippen molar-refractivity contribution in [3.8, 4) is 0 Å². The van der Waals surface area contributed by atoms with Crippen LogP contribution < -0.4 is 10.5 Å². The standard InChI is InChI=1S/C17H17BrN6O5S/c18-11-3-1-10(2-4-11)17(25)23-15-14-16(21-8-20-15)24(9-22-14)13-6-5-12(29-13)7-28-30(19,26)27/h1-4,8-9,12-13H,5-7H2,(H2,19,26,27)(H,20,21,23,25)/t12-,13+/m0/s1. The van der Waals surface area contributed by atoms with Crippen molar-refractivity contribution in [1.29, 1.82) is 0 Å². The predicted octanol–water partition coefficient (Wildman–Crippen LogP) is 1.74. The predicted molar refractivity (Wildman–Crippen MR) is 110 cm³/mol. The van der Waals surface area contributed by atoms with Crippen LogP contribution >= 0.6 is 15.9 Å². The lowest BCUT2D eigenvalue weighted by Crippen LogP contribution is -2.23. The van der Waals surface area contributed by atoms with Crippen LogP contribution in [0.15, 0.2) is 41.4 Å². The molecule has 3 aromatic rings. The number of hydrogen-bond acceptors (Lipinski definition) is 8. The maximum Gasteiger partial charge on any atom is 0.333 e. The number of halogens is 1. The summed E-state index contributed by atoms with van der Waals surface area (Å²) in [6, 6.07) is 6.92. The maximum absolute atomic E-state index is 12.5. The Bertz CT molecular complexity index is 1180. The van der Waals surface area contributed by atoms with Crippen LogP contribution in [0.4, 0.5) is 5.82 Å². The quantitative estimate of drug-likeness (QED) is 0.523. The molecule has 0 bridgehead atoms. The number of aromatic nitrogens is 4. The number of nitrogens with one attached hydrogen (secondary N) is 1. The molecule has 0 saturated carbocycles. The van der Waals surface area contributed by atoms with Gasteiger partial charge in [-0.2, -0.15) is 8.42 Å². The molecule has 3 heterocycles. The molecule has 2 atom stereocenters. The highest BCUT2D eigenvalue weighted by atomic mass is 79.9. The van der Waals surface area contributed by atoms with E-state index >= 15 is 0 Å². The lowest BCUT2D eigenvalue weighted by molar-refractivity contribution is -0.0149. The Labute approximate surface area is 180 Å². The molecule has 1 fully saturated rings. The van der Waals surface area contributed by atoms with E-state index in [4.69, 9.17) is 9.88 Å². The lowest BCUT2D eigenvalue weighted by atomic mass is 10.2. The van der Waals surface area contributed by atoms with Crippen LogP contribution in [0.5, 0.6) is 0 Å². The molecule has 2 aromatic heterocycles. The van der Waals surface area contributed by atoms with Crippen molar-refractivity contribution < 1.29 is 22.1 Å². The van der Waals surface area contributed by atoms with Gasteiger partial charge in [-0.3, -0.25) is 13.5 Å². The Morgan fingerprint density at radius 2 is 2.03 bits per heavy atom. The van der Waals surface area contributed by atoms with Gasteiger partial charge in [0.1, 0.15) is 12.6 Å². The summed E-state index contributed by atoms with van der Waals surface area (Å²) >= 11 is 3.33. The fourth-order valence-electron chi connectivity index (χ4n) is 3.12. The van der Waals surface area contributed by atoms with E-state index < -0.39 is 22.6 Å². The largest absolute Gasteiger partial charge is 0.352 e. The molecule has 4 rings (SSSR count). The lowest BCUT2D eigenvalue weighted by Gasteiger charge is -2.15. The normalized spacial score (nSPS) is 19.3. The fraction of sp³-hybridized carbons (Fsp3) is 0.294. The Morgan fingerprint density at radius 1 is 1.27 bits per heavy atom. The maximum atomic E-state index is 12.5. The monoisotopic (exact) mass is 496 g/mol. The average molecular weight is 497 g/mol. The van der Waals surface area contributed by atoms with Gasteiger partial charge in [0.15, 0.2) is 17.0 Å². The van der Waals surface area contributed by atoms with Crippen LogP contribution in [0.25, 0.3) is 11.2 Å². The van der Waals surface area contributed by atoms with E-state index in [0.717, 1.165) is 4.47 Å². The number of nitrogens with two attached hydrogens (primary N) is 1. The van der Waals surface area contributed by atoms with E-state index in [1.165, 1.54) is 6.33 Å². The molecular weight excluding hydrogens is 480 g/mol. The zero-order valence-corrected chi connectivity index (χ0v) is 17.8. The summed E-state index contributed by atoms with van der Waals surface area (Å²) in [4.78, 5) is 25.2. The molecule has 1 amide bonds. The summed E-state index contributed by atoms with van der Waals surface area (Å²) < 4.78 is 34.9. The van der Waals surface area contributed by atoms with Gasteiger partial charge < -0.3 is 10.1 Å². The molecule has 11 nitrogen and oxygen atoms in total. The number of nitrogens with zero attached hydrogens (tertiary/aromatic N) is 4. The first-order valence-corrected chi connectivity index (χ1v) is 11.1. The summed E-state index contributed by atoms with van der Waals surface area (Å²) in [7, 11) is -4.02. The molecule has 1 aromatic carbocycles. The van der Waals surface area contributed by atoms with Crippen molar-refractivity contribution in [3.05, 3.63) is 47.0 Å². The van der Waals surface area contributed by atoms with Gasteiger partial charge in [-0.05, 0) is 37.1 Å². The van der Waals surface area contributed by atoms with Crippen molar-refractivity contribution >= 4 is 49.1 Å². The Morgan fingerprint density at radius 3 is 2.77 bits per heavy atom. The number of amides is 1. The average Bonchev–Trinajstić information content (AvgIpc) is 3.33. The number of imidazole rings is 1. The van der Waals surface area contributed by atoms with Crippen LogP contribution in [0.1, 0.15) is 29.4 Å². The van der Waals surface area contributed by atoms with Crippen LogP contribution in [-0.2, 0) is 19.2 Å². The van der Waals surface area contributed by atoms with Crippen molar-refractivity contribution in [1.82, 2.24) is 19.5 Å². The zero-order chi connectivity index (χ0) is 21.3. The summed E-state index contributed by atoms with van der Waals surface area (Å²) in [5.74, 6) is -0.0480. The van der Waals surface area contributed by atoms with Gasteiger partial charge in [0.05, 0.1) is 19.0 Å². The number of hydrogen-bond donors (Lipinski definition) is 2. The Kier molecular flexibility index (Phi) is 5.79. The Balaban J connectivity index is 1.51. The van der Waals surface area contributed by atoms with E-state index in [-0.39, 0.29) is 18.3 Å². The molecule has 0 aliphatic carbocycles. The number of ether oxygens (including phenoxy) is 1. The molecule has 1 saturated heterocycles. The van der Waals surface area contributed by atoms with E-state index in [9.17, 15) is 13.2 Å². The van der Waals surface area contributed by atoms with Gasteiger partial charge in [-0.1, -0.05) is 15.9 Å². The number of fused-ring (bicyclic) bond motifs is 1. The molecule has 1 aliphatic rings. The third-order valence-electron chi connectivity index (χ3n) is 4.51. The SMILES string of the molecule is NS(=O)(=O)OC[C@@H]1CC[C@H](n2cnc3c(NC(=O)c4ccc(Br)cc4)ncnc32)O1. The van der Waals surface area contributed by atoms with E-state index in [1.807, 2.05) is 0 Å². The van der Waals surface area contributed by atoms with Gasteiger partial charge in [-0.15, -0.1) is 0 Å². The molecule has 30 heavy (non-hydrogen) atoms. The topological polar surface area (TPSA) is 151 Å². The van der Waals surface area contributed by atoms with E-state index in [1.54, 1.807) is 35.2 Å². The summed E-state index contributed by atoms with van der Waals surface area (Å²) in [6.45, 7) is -0.161. The third kappa shape index (κ3) is 4.65. The molecule has 3 N–H and O–H groups in total. The highest BCUT2D eigenvalue weighted by Gasteiger charge is 2.29. The smallest absolute Gasteiger partial charge is 0.333 e. The highest BCUT2D eigenvalue weighted by Crippen LogP contribution is 2.31. The molecule has 13 heteroatoms. The van der Waals surface area contributed by atoms with Crippen LogP contribution in [-0.4, -0.2) is 46.6 Å². The first kappa shape index (κ1) is 20.8. The molecule has 0 spiro atoms. The van der Waals surface area contributed by atoms with Crippen molar-refractivity contribution in [2.24, 2.45) is 5.14 Å². The van der Waals surface area contributed by atoms with Crippen LogP contribution in [0.2, 0.25) is 0 Å². The second-order valence-electron chi connectivity index (χ2n) is 6.57. The van der Waals surface area contributed by atoms with E-state index in [2.05, 4.69) is 40.4 Å². The zero-order valence-electron chi connectivity index (χ0n) is 15.4. The van der Waals surface area contributed by atoms with Gasteiger partial charge in [0.25, 0.3) is 5.91 Å². The van der Waals surface area contributed by atoms with Crippen molar-refractivity contribution in [3.63, 3.8) is 0 Å². The molecule has 0 radical (unpaired) electrons. The number of rotatable bonds is 6. The number of carbonyl (C=O) groups excluding carboxylic acids is 1. The van der Waals surface area contributed by atoms with Gasteiger partial charge in [0.2, 0.25) is 0 Å². The second-order valence-corrected chi connectivity index (χ2v) is 8.71. The minimum absolute atomic E-state index is 0.161. The van der Waals surface area contributed by atoms with Crippen molar-refractivity contribution in [2.75, 3.05) is 11.9 Å². The number of benzene rings is 1. The van der Waals surface area contributed by atoms with Gasteiger partial charge >= 0.3 is 10.3 Å². The first-order valence-electron chi connectivity index (χ1n) is 8.87. The second kappa shape index (κ2) is 8.35. The first-order chi connectivity index (χ1) is 14.3. The minimum Gasteiger partial charge on any atom is -0.352 e. The molecule has 0 unspecified atom stereocenters. The van der Waals surface area contributed by atoms with Crippen LogP contribution in [0, 0.1) is 0 Å². The minimum atomic E-state index is -4.02. The summed E-state index contributed by atoms with van der Waals surface area (Å²) in [6.07, 6.45) is 3.22. The molecular formula is C17H17BrN6O5S. The van der Waals surface area contributed by atoms with Crippen LogP contribution in [0.3, 0.4) is 0 Å². The summed E-state index contributed by atoms with van der Waals surface area (Å²) in [5, 5.41) is 7.60. The summed E-state index contributed by atoms with van der Waals surface area (Å²) in [5.41, 5.74) is 1.37. The van der Waals surface area contributed by atoms with Crippen molar-refractivity contribution in [2.45, 2.75) is 25.2 Å². The highest BCUT2D eigenvalue weighted by molar-refractivity contribution is 9.10. The van der Waals surface area contributed by atoms with Gasteiger partial charge in [-0.25, -0.2) is 20.1 Å². The Hall–Kier alpha value is -2.45. The number of carbonyl (C=O) groups is 1. The number of anilines is 1. The van der Waals surface area contributed by atoms with Gasteiger partial charge in [0, 0.05) is 10.0 Å². The third-order valence-corrected chi connectivity index (χ3v) is 5.50. The molecule has 158 valence electrons. The van der Waals surface area contributed by atoms with E-state index in [0.29, 0.717) is 29.6 Å².